The van der Waals surface area contributed by atoms with Crippen LogP contribution in [-0.2, 0) is 0 Å². The predicted molar refractivity (Wildman–Crippen MR) is 275 cm³/mol. The van der Waals surface area contributed by atoms with Crippen LogP contribution in [0.25, 0.3) is 142 Å². The second kappa shape index (κ2) is 13.8. The highest BCUT2D eigenvalue weighted by Gasteiger charge is 2.27. The van der Waals surface area contributed by atoms with E-state index < -0.39 is 0 Å². The molecule has 0 amide bonds. The molecule has 2 nitrogen and oxygen atoms in total. The molecule has 2 heteroatoms. The molecule has 0 radical (unpaired) electrons. The first-order valence-electron chi connectivity index (χ1n) is 22.4. The summed E-state index contributed by atoms with van der Waals surface area (Å²) in [7, 11) is 0. The molecule has 65 heavy (non-hydrogen) atoms. The zero-order valence-corrected chi connectivity index (χ0v) is 35.5. The van der Waals surface area contributed by atoms with E-state index in [1.165, 1.54) is 82.0 Å². The highest BCUT2D eigenvalue weighted by atomic mass is 16.3. The van der Waals surface area contributed by atoms with Crippen molar-refractivity contribution in [3.05, 3.63) is 218 Å². The van der Waals surface area contributed by atoms with E-state index in [1.807, 2.05) is 0 Å². The average Bonchev–Trinajstić information content (AvgIpc) is 3.95. The lowest BCUT2D eigenvalue weighted by Crippen LogP contribution is -1.93. The van der Waals surface area contributed by atoms with E-state index in [-0.39, 0.29) is 0 Å². The Kier molecular flexibility index (Phi) is 7.64. The summed E-state index contributed by atoms with van der Waals surface area (Å²) in [5, 5.41) is 16.2. The Hall–Kier alpha value is -8.46. The number of benzene rings is 12. The Morgan fingerprint density at radius 1 is 0.277 bits per heavy atom. The van der Waals surface area contributed by atoms with E-state index in [1.54, 1.807) is 0 Å². The summed E-state index contributed by atoms with van der Waals surface area (Å²) in [5.74, 6) is 0. The lowest BCUT2D eigenvalue weighted by molar-refractivity contribution is 0.670. The normalized spacial score (nSPS) is 12.1. The molecule has 302 valence electrons. The van der Waals surface area contributed by atoms with E-state index in [2.05, 4.69) is 219 Å². The highest BCUT2D eigenvalue weighted by Crippen LogP contribution is 2.53. The van der Waals surface area contributed by atoms with Gasteiger partial charge in [-0.1, -0.05) is 194 Å². The Morgan fingerprint density at radius 3 is 1.00 bits per heavy atom. The van der Waals surface area contributed by atoms with Crippen molar-refractivity contribution in [3.8, 4) is 44.5 Å². The van der Waals surface area contributed by atoms with Crippen molar-refractivity contribution < 1.29 is 8.83 Å². The van der Waals surface area contributed by atoms with Crippen LogP contribution in [0, 0.1) is 6.92 Å². The van der Waals surface area contributed by atoms with Gasteiger partial charge in [0, 0.05) is 49.2 Å². The zero-order valence-electron chi connectivity index (χ0n) is 35.5. The van der Waals surface area contributed by atoms with Crippen LogP contribution in [0.2, 0.25) is 0 Å². The number of para-hydroxylation sites is 2. The van der Waals surface area contributed by atoms with Crippen LogP contribution in [0.1, 0.15) is 5.56 Å². The third kappa shape index (κ3) is 5.17. The number of rotatable bonds is 4. The lowest BCUT2D eigenvalue weighted by Gasteiger charge is -2.20. The number of aryl methyl sites for hydroxylation is 1. The molecule has 0 aliphatic heterocycles. The van der Waals surface area contributed by atoms with E-state index in [0.29, 0.717) is 0 Å². The average molecular weight is 827 g/mol. The van der Waals surface area contributed by atoms with Gasteiger partial charge in [-0.3, -0.25) is 0 Å². The summed E-state index contributed by atoms with van der Waals surface area (Å²) in [6.45, 7) is 2.15. The SMILES string of the molecule is Cc1ccc(-c2c3ccccc3c(-c3cc4cc(-c5c6ccccc6c(-c6ccccc6)c6ccccc56)c5oc6ccccc6c5c4c4c3oc3ccccc34)c3ccccc23)cc1. The molecule has 14 rings (SSSR count). The van der Waals surface area contributed by atoms with E-state index in [4.69, 9.17) is 8.83 Å². The summed E-state index contributed by atoms with van der Waals surface area (Å²) in [6.07, 6.45) is 0. The van der Waals surface area contributed by atoms with Crippen molar-refractivity contribution in [2.75, 3.05) is 0 Å². The molecule has 0 spiro atoms. The van der Waals surface area contributed by atoms with Crippen LogP contribution in [0.15, 0.2) is 221 Å². The minimum atomic E-state index is 0.861. The molecule has 0 aliphatic rings. The molecule has 2 heterocycles. The summed E-state index contributed by atoms with van der Waals surface area (Å²) in [4.78, 5) is 0. The molecule has 0 N–H and O–H groups in total. The van der Waals surface area contributed by atoms with Gasteiger partial charge in [0.15, 0.2) is 0 Å². The first kappa shape index (κ1) is 36.1. The molecule has 0 saturated heterocycles. The quantitative estimate of drug-likeness (QED) is 0.165. The monoisotopic (exact) mass is 826 g/mol. The molecule has 12 aromatic carbocycles. The largest absolute Gasteiger partial charge is 0.455 e. The second-order valence-electron chi connectivity index (χ2n) is 17.5. The molecular formula is C63H38O2. The second-order valence-corrected chi connectivity index (χ2v) is 17.5. The fraction of sp³-hybridized carbons (Fsp3) is 0.0159. The smallest absolute Gasteiger partial charge is 0.143 e. The van der Waals surface area contributed by atoms with Gasteiger partial charge in [0.05, 0.1) is 0 Å². The maximum Gasteiger partial charge on any atom is 0.143 e. The van der Waals surface area contributed by atoms with Crippen LogP contribution in [-0.4, -0.2) is 0 Å². The van der Waals surface area contributed by atoms with Crippen LogP contribution < -0.4 is 0 Å². The predicted octanol–water partition coefficient (Wildman–Crippen LogP) is 18.2. The van der Waals surface area contributed by atoms with Crippen molar-refractivity contribution in [2.45, 2.75) is 6.92 Å². The van der Waals surface area contributed by atoms with Gasteiger partial charge >= 0.3 is 0 Å². The van der Waals surface area contributed by atoms with Gasteiger partial charge in [-0.05, 0) is 102 Å². The third-order valence-corrected chi connectivity index (χ3v) is 13.9. The Bertz CT molecular complexity index is 4170. The van der Waals surface area contributed by atoms with Crippen molar-refractivity contribution in [1.82, 2.24) is 0 Å². The van der Waals surface area contributed by atoms with Crippen molar-refractivity contribution in [1.29, 1.82) is 0 Å². The van der Waals surface area contributed by atoms with E-state index >= 15 is 0 Å². The molecule has 0 aliphatic carbocycles. The van der Waals surface area contributed by atoms with Crippen molar-refractivity contribution >= 4 is 97.7 Å². The number of hydrogen-bond acceptors (Lipinski definition) is 2. The third-order valence-electron chi connectivity index (χ3n) is 13.9. The Morgan fingerprint density at radius 2 is 0.600 bits per heavy atom. The van der Waals surface area contributed by atoms with Crippen LogP contribution in [0.4, 0.5) is 0 Å². The number of furan rings is 2. The molecular weight excluding hydrogens is 789 g/mol. The lowest BCUT2D eigenvalue weighted by atomic mass is 9.83. The van der Waals surface area contributed by atoms with Gasteiger partial charge in [0.25, 0.3) is 0 Å². The summed E-state index contributed by atoms with van der Waals surface area (Å²) in [5.41, 5.74) is 14.1. The fourth-order valence-electron chi connectivity index (χ4n) is 11.2. The topological polar surface area (TPSA) is 26.3 Å². The summed E-state index contributed by atoms with van der Waals surface area (Å²) >= 11 is 0. The first-order chi connectivity index (χ1) is 32.2. The minimum Gasteiger partial charge on any atom is -0.455 e. The molecule has 0 bridgehead atoms. The van der Waals surface area contributed by atoms with Gasteiger partial charge in [-0.15, -0.1) is 0 Å². The van der Waals surface area contributed by atoms with Gasteiger partial charge in [0.2, 0.25) is 0 Å². The van der Waals surface area contributed by atoms with E-state index in [9.17, 15) is 0 Å². The van der Waals surface area contributed by atoms with Gasteiger partial charge in [-0.2, -0.15) is 0 Å². The summed E-state index contributed by atoms with van der Waals surface area (Å²) < 4.78 is 14.3. The molecule has 14 aromatic rings. The fourth-order valence-corrected chi connectivity index (χ4v) is 11.2. The molecule has 2 aromatic heterocycles. The first-order valence-corrected chi connectivity index (χ1v) is 22.4. The van der Waals surface area contributed by atoms with Gasteiger partial charge in [-0.25, -0.2) is 0 Å². The molecule has 0 unspecified atom stereocenters. The zero-order chi connectivity index (χ0) is 42.8. The number of fused-ring (bicyclic) bond motifs is 13. The maximum atomic E-state index is 7.16. The maximum absolute atomic E-state index is 7.16. The van der Waals surface area contributed by atoms with Gasteiger partial charge in [0.1, 0.15) is 22.3 Å². The standard InChI is InChI=1S/C63H38O2/c1-37-31-33-39(34-32-37)56-43-21-7-11-25-47(43)59(48-26-12-8-22-44(48)56)52-36-40-35-51(58-45-23-9-5-19-41(45)55(38-17-3-2-4-18-38)42-20-6-10-24-46(42)58)62-60(49-27-13-15-29-53(49)64-62)57(40)61-50-28-14-16-30-54(50)65-63(52)61/h2-36H,1H3. The van der Waals surface area contributed by atoms with Crippen LogP contribution >= 0.6 is 0 Å². The minimum absolute atomic E-state index is 0.861. The van der Waals surface area contributed by atoms with Crippen molar-refractivity contribution in [3.63, 3.8) is 0 Å². The summed E-state index contributed by atoms with van der Waals surface area (Å²) in [6, 6.07) is 77.2. The van der Waals surface area contributed by atoms with Gasteiger partial charge < -0.3 is 8.83 Å². The highest BCUT2D eigenvalue weighted by molar-refractivity contribution is 6.37. The van der Waals surface area contributed by atoms with Crippen LogP contribution in [0.3, 0.4) is 0 Å². The van der Waals surface area contributed by atoms with Crippen molar-refractivity contribution in [2.24, 2.45) is 0 Å². The molecule has 0 saturated carbocycles. The molecule has 0 atom stereocenters. The number of hydrogen-bond donors (Lipinski definition) is 0. The molecule has 0 fully saturated rings. The Balaban J connectivity index is 1.19. The van der Waals surface area contributed by atoms with E-state index in [0.717, 1.165) is 65.8 Å². The van der Waals surface area contributed by atoms with Crippen LogP contribution in [0.5, 0.6) is 0 Å². The Labute approximate surface area is 374 Å².